The fourth-order valence-electron chi connectivity index (χ4n) is 4.70. The van der Waals surface area contributed by atoms with E-state index in [0.717, 1.165) is 24.7 Å². The van der Waals surface area contributed by atoms with Crippen LogP contribution in [0, 0.1) is 12.7 Å². The number of amides is 1. The number of anilines is 3. The van der Waals surface area contributed by atoms with E-state index in [1.165, 1.54) is 10.9 Å². The number of H-pyrrole nitrogens is 1. The van der Waals surface area contributed by atoms with Crippen LogP contribution in [0.15, 0.2) is 42.9 Å². The number of hydrogen-bond donors (Lipinski definition) is 2. The molecule has 2 unspecified atom stereocenters. The molecule has 1 amide bonds. The van der Waals surface area contributed by atoms with Crippen LogP contribution in [0.5, 0.6) is 0 Å². The molecule has 35 heavy (non-hydrogen) atoms. The van der Waals surface area contributed by atoms with Crippen molar-refractivity contribution in [2.75, 3.05) is 23.3 Å². The summed E-state index contributed by atoms with van der Waals surface area (Å²) in [5.41, 5.74) is 1.21. The van der Waals surface area contributed by atoms with Crippen LogP contribution >= 0.6 is 0 Å². The van der Waals surface area contributed by atoms with Crippen LogP contribution in [0.3, 0.4) is 0 Å². The second kappa shape index (κ2) is 8.42. The van der Waals surface area contributed by atoms with Crippen LogP contribution in [0.1, 0.15) is 29.0 Å². The Morgan fingerprint density at radius 1 is 1.14 bits per heavy atom. The van der Waals surface area contributed by atoms with Gasteiger partial charge in [-0.1, -0.05) is 0 Å². The first kappa shape index (κ1) is 21.1. The van der Waals surface area contributed by atoms with E-state index in [0.29, 0.717) is 36.5 Å². The van der Waals surface area contributed by atoms with Crippen molar-refractivity contribution in [1.29, 1.82) is 0 Å². The molecule has 0 radical (unpaired) electrons. The van der Waals surface area contributed by atoms with Gasteiger partial charge in [-0.05, 0) is 38.0 Å². The normalized spacial score (nSPS) is 19.3. The summed E-state index contributed by atoms with van der Waals surface area (Å²) < 4.78 is 14.5. The molecular weight excluding hydrogens is 453 g/mol. The summed E-state index contributed by atoms with van der Waals surface area (Å²) >= 11 is 0. The summed E-state index contributed by atoms with van der Waals surface area (Å²) in [4.78, 5) is 26.4. The number of piperazine rings is 1. The summed E-state index contributed by atoms with van der Waals surface area (Å²) in [5.74, 6) is 1.67. The van der Waals surface area contributed by atoms with Crippen LogP contribution in [0.2, 0.25) is 0 Å². The number of hydrogen-bond acceptors (Lipinski definition) is 9. The molecule has 178 valence electrons. The van der Waals surface area contributed by atoms with E-state index < -0.39 is 5.82 Å². The minimum atomic E-state index is -0.470. The molecule has 0 aliphatic carbocycles. The maximum Gasteiger partial charge on any atom is 0.274 e. The van der Waals surface area contributed by atoms with E-state index in [1.807, 2.05) is 17.9 Å². The van der Waals surface area contributed by atoms with Gasteiger partial charge in [-0.15, -0.1) is 10.2 Å². The number of aromatic amines is 1. The van der Waals surface area contributed by atoms with Gasteiger partial charge < -0.3 is 15.1 Å². The number of fused-ring (bicyclic) bond motifs is 2. The highest BCUT2D eigenvalue weighted by molar-refractivity contribution is 5.93. The smallest absolute Gasteiger partial charge is 0.274 e. The lowest BCUT2D eigenvalue weighted by Crippen LogP contribution is -2.56. The molecule has 2 N–H and O–H groups in total. The molecule has 0 saturated carbocycles. The zero-order valence-electron chi connectivity index (χ0n) is 18.8. The standard InChI is InChI=1S/C22H22FN11O/c1-13-8-19(30-28-13)26-18-6-7-24-22(27-18)32-11-15-2-3-16(12-32)34(15)21(35)17-4-5-20(31-29-17)33-10-14(23)9-25-33/h4-10,15-16H,2-3,11-12H2,1H3,(H2,24,26,27,28,30). The van der Waals surface area contributed by atoms with Crippen molar-refractivity contribution in [1.82, 2.24) is 45.0 Å². The minimum Gasteiger partial charge on any atom is -0.337 e. The van der Waals surface area contributed by atoms with E-state index in [4.69, 9.17) is 0 Å². The molecule has 2 saturated heterocycles. The third kappa shape index (κ3) is 4.05. The van der Waals surface area contributed by atoms with Crippen LogP contribution in [-0.4, -0.2) is 76.1 Å². The first-order valence-electron chi connectivity index (χ1n) is 11.3. The monoisotopic (exact) mass is 475 g/mol. The Kier molecular flexibility index (Phi) is 5.08. The Bertz CT molecular complexity index is 1350. The largest absolute Gasteiger partial charge is 0.337 e. The molecular formula is C22H22FN11O. The summed E-state index contributed by atoms with van der Waals surface area (Å²) in [5, 5.41) is 22.3. The highest BCUT2D eigenvalue weighted by Crippen LogP contribution is 2.33. The summed E-state index contributed by atoms with van der Waals surface area (Å²) in [6, 6.07) is 6.95. The molecule has 2 atom stereocenters. The van der Waals surface area contributed by atoms with Gasteiger partial charge in [0.2, 0.25) is 5.95 Å². The second-order valence-corrected chi connectivity index (χ2v) is 8.69. The number of carbonyl (C=O) groups excluding carboxylic acids is 1. The van der Waals surface area contributed by atoms with E-state index >= 15 is 0 Å². The minimum absolute atomic E-state index is 0.0251. The van der Waals surface area contributed by atoms with Crippen molar-refractivity contribution in [3.8, 4) is 5.82 Å². The lowest BCUT2D eigenvalue weighted by Gasteiger charge is -2.40. The molecule has 0 aromatic carbocycles. The number of aromatic nitrogens is 8. The maximum absolute atomic E-state index is 13.3. The molecule has 12 nitrogen and oxygen atoms in total. The van der Waals surface area contributed by atoms with Gasteiger partial charge in [0, 0.05) is 31.0 Å². The van der Waals surface area contributed by atoms with Crippen molar-refractivity contribution in [2.24, 2.45) is 0 Å². The number of rotatable bonds is 5. The van der Waals surface area contributed by atoms with Gasteiger partial charge in [0.05, 0.1) is 24.5 Å². The molecule has 2 bridgehead atoms. The first-order chi connectivity index (χ1) is 17.0. The van der Waals surface area contributed by atoms with Crippen molar-refractivity contribution in [3.63, 3.8) is 0 Å². The van der Waals surface area contributed by atoms with E-state index in [-0.39, 0.29) is 23.7 Å². The Hall–Kier alpha value is -4.42. The summed E-state index contributed by atoms with van der Waals surface area (Å²) in [7, 11) is 0. The number of aryl methyl sites for hydroxylation is 1. The molecule has 4 aromatic heterocycles. The molecule has 13 heteroatoms. The Labute approximate surface area is 199 Å². The third-order valence-corrected chi connectivity index (χ3v) is 6.26. The van der Waals surface area contributed by atoms with Gasteiger partial charge in [-0.25, -0.2) is 14.1 Å². The highest BCUT2D eigenvalue weighted by Gasteiger charge is 2.44. The second-order valence-electron chi connectivity index (χ2n) is 8.69. The molecule has 0 spiro atoms. The van der Waals surface area contributed by atoms with E-state index in [9.17, 15) is 9.18 Å². The predicted octanol–water partition coefficient (Wildman–Crippen LogP) is 1.86. The quantitative estimate of drug-likeness (QED) is 0.444. The fraction of sp³-hybridized carbons (Fsp3) is 0.318. The third-order valence-electron chi connectivity index (χ3n) is 6.26. The van der Waals surface area contributed by atoms with Gasteiger partial charge in [0.25, 0.3) is 5.91 Å². The zero-order valence-corrected chi connectivity index (χ0v) is 18.8. The van der Waals surface area contributed by atoms with E-state index in [1.54, 1.807) is 24.4 Å². The Balaban J connectivity index is 1.16. The van der Waals surface area contributed by atoms with Crippen LogP contribution < -0.4 is 10.2 Å². The summed E-state index contributed by atoms with van der Waals surface area (Å²) in [6.07, 6.45) is 5.80. The number of halogens is 1. The van der Waals surface area contributed by atoms with Gasteiger partial charge in [0.1, 0.15) is 5.82 Å². The van der Waals surface area contributed by atoms with Crippen LogP contribution in [0.25, 0.3) is 5.82 Å². The number of carbonyl (C=O) groups is 1. The lowest BCUT2D eigenvalue weighted by molar-refractivity contribution is 0.0633. The topological polar surface area (TPSA) is 134 Å². The summed E-state index contributed by atoms with van der Waals surface area (Å²) in [6.45, 7) is 3.19. The molecule has 4 aromatic rings. The Morgan fingerprint density at radius 3 is 2.63 bits per heavy atom. The SMILES string of the molecule is Cc1cc(Nc2ccnc(N3CC4CCC(C3)N4C(=O)c3ccc(-n4cc(F)cn4)nn3)n2)n[nH]1. The maximum atomic E-state index is 13.3. The predicted molar refractivity (Wildman–Crippen MR) is 123 cm³/mol. The number of nitrogens with zero attached hydrogens (tertiary/aromatic N) is 9. The zero-order chi connectivity index (χ0) is 23.9. The van der Waals surface area contributed by atoms with Crippen LogP contribution in [-0.2, 0) is 0 Å². The van der Waals surface area contributed by atoms with Crippen molar-refractivity contribution >= 4 is 23.5 Å². The van der Waals surface area contributed by atoms with E-state index in [2.05, 4.69) is 45.7 Å². The van der Waals surface area contributed by atoms with Gasteiger partial charge in [0.15, 0.2) is 23.1 Å². The van der Waals surface area contributed by atoms with Gasteiger partial charge >= 0.3 is 0 Å². The fourth-order valence-corrected chi connectivity index (χ4v) is 4.70. The molecule has 6 rings (SSSR count). The van der Waals surface area contributed by atoms with Crippen molar-refractivity contribution < 1.29 is 9.18 Å². The van der Waals surface area contributed by atoms with Gasteiger partial charge in [-0.2, -0.15) is 15.2 Å². The Morgan fingerprint density at radius 2 is 1.97 bits per heavy atom. The molecule has 2 fully saturated rings. The van der Waals surface area contributed by atoms with Crippen LogP contribution in [0.4, 0.5) is 22.0 Å². The average molecular weight is 475 g/mol. The average Bonchev–Trinajstić information content (AvgIpc) is 3.56. The molecule has 2 aliphatic heterocycles. The highest BCUT2D eigenvalue weighted by atomic mass is 19.1. The molecule has 6 heterocycles. The molecule has 2 aliphatic rings. The first-order valence-corrected chi connectivity index (χ1v) is 11.3. The van der Waals surface area contributed by atoms with Gasteiger partial charge in [-0.3, -0.25) is 9.89 Å². The van der Waals surface area contributed by atoms with Crippen molar-refractivity contribution in [2.45, 2.75) is 31.8 Å². The van der Waals surface area contributed by atoms with Crippen molar-refractivity contribution in [3.05, 3.63) is 60.1 Å². The lowest BCUT2D eigenvalue weighted by atomic mass is 10.1. The number of nitrogens with one attached hydrogen (secondary N) is 2.